The molecule has 1 atom stereocenters. The van der Waals surface area contributed by atoms with E-state index in [0.29, 0.717) is 12.5 Å². The van der Waals surface area contributed by atoms with Gasteiger partial charge in [-0.1, -0.05) is 0 Å². The van der Waals surface area contributed by atoms with Gasteiger partial charge in [-0.3, -0.25) is 10.2 Å². The number of nitrogens with two attached hydrogens (primary N) is 1. The Balaban J connectivity index is 2.08. The Labute approximate surface area is 66.1 Å². The first-order chi connectivity index (χ1) is 5.24. The molecule has 0 aliphatic heterocycles. The van der Waals surface area contributed by atoms with E-state index in [-0.39, 0.29) is 5.91 Å². The number of nitrogens with one attached hydrogen (secondary N) is 1. The quantitative estimate of drug-likeness (QED) is 0.338. The summed E-state index contributed by atoms with van der Waals surface area (Å²) < 4.78 is 5.23. The molecule has 1 aliphatic carbocycles. The fourth-order valence-corrected chi connectivity index (χ4v) is 0.758. The molecule has 0 aromatic heterocycles. The van der Waals surface area contributed by atoms with Gasteiger partial charge < -0.3 is 4.74 Å². The van der Waals surface area contributed by atoms with Gasteiger partial charge in [0.1, 0.15) is 6.10 Å². The number of hydrogen-bond donors (Lipinski definition) is 2. The van der Waals surface area contributed by atoms with E-state index in [2.05, 4.69) is 0 Å². The first-order valence-corrected chi connectivity index (χ1v) is 3.86. The van der Waals surface area contributed by atoms with Crippen molar-refractivity contribution in [3.63, 3.8) is 0 Å². The lowest BCUT2D eigenvalue weighted by Crippen LogP contribution is -2.39. The zero-order valence-corrected chi connectivity index (χ0v) is 6.67. The molecule has 3 N–H and O–H groups in total. The lowest BCUT2D eigenvalue weighted by Gasteiger charge is -2.09. The minimum absolute atomic E-state index is 0.259. The molecule has 0 aromatic rings. The van der Waals surface area contributed by atoms with Gasteiger partial charge >= 0.3 is 0 Å². The van der Waals surface area contributed by atoms with Gasteiger partial charge in [-0.25, -0.2) is 5.84 Å². The highest BCUT2D eigenvalue weighted by Gasteiger charge is 2.23. The largest absolute Gasteiger partial charge is 0.368 e. The summed E-state index contributed by atoms with van der Waals surface area (Å²) in [5.74, 6) is 5.34. The number of amides is 1. The van der Waals surface area contributed by atoms with Crippen LogP contribution in [0.2, 0.25) is 0 Å². The highest BCUT2D eigenvalue weighted by atomic mass is 16.5. The van der Waals surface area contributed by atoms with Crippen molar-refractivity contribution in [3.8, 4) is 0 Å². The molecule has 0 bridgehead atoms. The number of carbonyl (C=O) groups is 1. The van der Waals surface area contributed by atoms with Gasteiger partial charge in [0.05, 0.1) is 6.61 Å². The first-order valence-electron chi connectivity index (χ1n) is 3.86. The molecule has 1 saturated carbocycles. The Kier molecular flexibility index (Phi) is 2.84. The molecular formula is C7H14N2O2. The fourth-order valence-electron chi connectivity index (χ4n) is 0.758. The normalized spacial score (nSPS) is 19.5. The van der Waals surface area contributed by atoms with Crippen molar-refractivity contribution < 1.29 is 9.53 Å². The average Bonchev–Trinajstić information content (AvgIpc) is 2.81. The lowest BCUT2D eigenvalue weighted by molar-refractivity contribution is -0.132. The summed E-state index contributed by atoms with van der Waals surface area (Å²) in [5, 5.41) is 0. The SMILES string of the molecule is CC(OCC1CC1)C(=O)NN. The van der Waals surface area contributed by atoms with Gasteiger partial charge in [-0.15, -0.1) is 0 Å². The predicted octanol–water partition coefficient (Wildman–Crippen LogP) is -0.209. The fraction of sp³-hybridized carbons (Fsp3) is 0.857. The first kappa shape index (κ1) is 8.49. The maximum Gasteiger partial charge on any atom is 0.262 e. The van der Waals surface area contributed by atoms with Gasteiger partial charge in [0.25, 0.3) is 5.91 Å². The second kappa shape index (κ2) is 3.69. The summed E-state index contributed by atoms with van der Waals surface area (Å²) in [5.41, 5.74) is 2.04. The van der Waals surface area contributed by atoms with E-state index in [9.17, 15) is 4.79 Å². The van der Waals surface area contributed by atoms with Crippen LogP contribution in [-0.4, -0.2) is 18.6 Å². The van der Waals surface area contributed by atoms with E-state index >= 15 is 0 Å². The van der Waals surface area contributed by atoms with Crippen LogP contribution in [-0.2, 0) is 9.53 Å². The third-order valence-electron chi connectivity index (χ3n) is 1.79. The average molecular weight is 158 g/mol. The molecule has 1 rings (SSSR count). The molecule has 0 heterocycles. The van der Waals surface area contributed by atoms with Crippen LogP contribution in [0, 0.1) is 5.92 Å². The van der Waals surface area contributed by atoms with Crippen molar-refractivity contribution in [1.29, 1.82) is 0 Å². The summed E-state index contributed by atoms with van der Waals surface area (Å²) in [6, 6.07) is 0. The molecule has 4 nitrogen and oxygen atoms in total. The smallest absolute Gasteiger partial charge is 0.262 e. The lowest BCUT2D eigenvalue weighted by atomic mass is 10.4. The van der Waals surface area contributed by atoms with Crippen LogP contribution in [0.1, 0.15) is 19.8 Å². The molecule has 0 saturated heterocycles. The molecule has 1 aliphatic rings. The van der Waals surface area contributed by atoms with E-state index in [0.717, 1.165) is 0 Å². The van der Waals surface area contributed by atoms with Gasteiger partial charge in [0.2, 0.25) is 0 Å². The van der Waals surface area contributed by atoms with E-state index < -0.39 is 6.10 Å². The molecule has 4 heteroatoms. The summed E-state index contributed by atoms with van der Waals surface area (Å²) in [6.07, 6.45) is 2.05. The van der Waals surface area contributed by atoms with Crippen LogP contribution >= 0.6 is 0 Å². The zero-order valence-electron chi connectivity index (χ0n) is 6.67. The molecule has 1 unspecified atom stereocenters. The van der Waals surface area contributed by atoms with Crippen LogP contribution < -0.4 is 11.3 Å². The van der Waals surface area contributed by atoms with Crippen molar-refractivity contribution in [2.45, 2.75) is 25.9 Å². The third kappa shape index (κ3) is 2.86. The van der Waals surface area contributed by atoms with E-state index in [4.69, 9.17) is 10.6 Å². The summed E-state index contributed by atoms with van der Waals surface area (Å²) >= 11 is 0. The molecule has 0 aromatic carbocycles. The van der Waals surface area contributed by atoms with Crippen LogP contribution in [0.15, 0.2) is 0 Å². The van der Waals surface area contributed by atoms with Crippen LogP contribution in [0.4, 0.5) is 0 Å². The summed E-state index contributed by atoms with van der Waals surface area (Å²) in [7, 11) is 0. The highest BCUT2D eigenvalue weighted by Crippen LogP contribution is 2.29. The molecule has 1 amide bonds. The zero-order chi connectivity index (χ0) is 8.27. The Morgan fingerprint density at radius 3 is 2.91 bits per heavy atom. The number of carbonyl (C=O) groups excluding carboxylic acids is 1. The standard InChI is InChI=1S/C7H14N2O2/c1-5(7(10)9-8)11-4-6-2-3-6/h5-6H,2-4,8H2,1H3,(H,9,10). The minimum Gasteiger partial charge on any atom is -0.368 e. The van der Waals surface area contributed by atoms with Crippen molar-refractivity contribution >= 4 is 5.91 Å². The second-order valence-corrected chi connectivity index (χ2v) is 2.93. The molecule has 0 spiro atoms. The second-order valence-electron chi connectivity index (χ2n) is 2.93. The Hall–Kier alpha value is -0.610. The Bertz CT molecular complexity index is 145. The van der Waals surface area contributed by atoms with Crippen molar-refractivity contribution in [1.82, 2.24) is 5.43 Å². The molecule has 1 fully saturated rings. The van der Waals surface area contributed by atoms with Crippen molar-refractivity contribution in [3.05, 3.63) is 0 Å². The molecule has 64 valence electrons. The monoisotopic (exact) mass is 158 g/mol. The summed E-state index contributed by atoms with van der Waals surface area (Å²) in [6.45, 7) is 2.39. The Morgan fingerprint density at radius 2 is 2.45 bits per heavy atom. The number of rotatable bonds is 4. The van der Waals surface area contributed by atoms with Crippen LogP contribution in [0.3, 0.4) is 0 Å². The van der Waals surface area contributed by atoms with Crippen molar-refractivity contribution in [2.24, 2.45) is 11.8 Å². The van der Waals surface area contributed by atoms with Gasteiger partial charge in [-0.05, 0) is 25.7 Å². The minimum atomic E-state index is -0.416. The number of hydrogen-bond acceptors (Lipinski definition) is 3. The van der Waals surface area contributed by atoms with Gasteiger partial charge in [-0.2, -0.15) is 0 Å². The number of hydrazine groups is 1. The highest BCUT2D eigenvalue weighted by molar-refractivity contribution is 5.79. The third-order valence-corrected chi connectivity index (χ3v) is 1.79. The van der Waals surface area contributed by atoms with E-state index in [1.54, 1.807) is 6.92 Å². The van der Waals surface area contributed by atoms with Gasteiger partial charge in [0.15, 0.2) is 0 Å². The van der Waals surface area contributed by atoms with E-state index in [1.807, 2.05) is 5.43 Å². The molecule has 0 radical (unpaired) electrons. The Morgan fingerprint density at radius 1 is 1.82 bits per heavy atom. The maximum atomic E-state index is 10.8. The predicted molar refractivity (Wildman–Crippen MR) is 40.5 cm³/mol. The topological polar surface area (TPSA) is 64.3 Å². The van der Waals surface area contributed by atoms with Crippen molar-refractivity contribution in [2.75, 3.05) is 6.61 Å². The molecular weight excluding hydrogens is 144 g/mol. The summed E-state index contributed by atoms with van der Waals surface area (Å²) in [4.78, 5) is 10.8. The van der Waals surface area contributed by atoms with Crippen LogP contribution in [0.25, 0.3) is 0 Å². The molecule has 11 heavy (non-hydrogen) atoms. The van der Waals surface area contributed by atoms with E-state index in [1.165, 1.54) is 12.8 Å². The van der Waals surface area contributed by atoms with Crippen LogP contribution in [0.5, 0.6) is 0 Å². The number of ether oxygens (including phenoxy) is 1. The maximum absolute atomic E-state index is 10.8. The van der Waals surface area contributed by atoms with Gasteiger partial charge in [0, 0.05) is 0 Å².